The van der Waals surface area contributed by atoms with Gasteiger partial charge in [0.05, 0.1) is 0 Å². The Morgan fingerprint density at radius 2 is 2.33 bits per heavy atom. The van der Waals surface area contributed by atoms with Gasteiger partial charge < -0.3 is 0 Å². The summed E-state index contributed by atoms with van der Waals surface area (Å²) in [6.45, 7) is 0. The van der Waals surface area contributed by atoms with E-state index in [4.69, 9.17) is 0 Å². The van der Waals surface area contributed by atoms with E-state index in [0.717, 1.165) is 0 Å². The molecule has 0 fully saturated rings. The van der Waals surface area contributed by atoms with Gasteiger partial charge in [0.2, 0.25) is 5.95 Å². The summed E-state index contributed by atoms with van der Waals surface area (Å²) in [6, 6.07) is 1.74. The second kappa shape index (κ2) is 2.57. The topological polar surface area (TPSA) is 76.5 Å². The van der Waals surface area contributed by atoms with Crippen LogP contribution in [-0.4, -0.2) is 24.7 Å². The summed E-state index contributed by atoms with van der Waals surface area (Å²) < 4.78 is 1.45. The van der Waals surface area contributed by atoms with Crippen LogP contribution in [0.3, 0.4) is 0 Å². The van der Waals surface area contributed by atoms with Gasteiger partial charge in [-0.05, 0) is 6.07 Å². The highest BCUT2D eigenvalue weighted by Crippen LogP contribution is 1.91. The number of aromatic amines is 1. The van der Waals surface area contributed by atoms with E-state index in [2.05, 4.69) is 20.1 Å². The van der Waals surface area contributed by atoms with Gasteiger partial charge in [-0.3, -0.25) is 4.98 Å². The number of hydrogen-bond donors (Lipinski definition) is 1. The number of nitrogens with one attached hydrogen (secondary N) is 1. The molecule has 0 amide bonds. The largest absolute Gasteiger partial charge is 0.349 e. The van der Waals surface area contributed by atoms with Gasteiger partial charge in [-0.2, -0.15) is 10.1 Å². The van der Waals surface area contributed by atoms with Gasteiger partial charge in [0.1, 0.15) is 6.33 Å². The molecule has 0 atom stereocenters. The van der Waals surface area contributed by atoms with E-state index in [1.165, 1.54) is 11.0 Å². The monoisotopic (exact) mass is 163 g/mol. The second-order valence-electron chi connectivity index (χ2n) is 2.08. The number of H-pyrrole nitrogens is 1. The smallest absolute Gasteiger partial charge is 0.274 e. The highest BCUT2D eigenvalue weighted by molar-refractivity contribution is 5.04. The Hall–Kier alpha value is -1.98. The fraction of sp³-hybridized carbons (Fsp3) is 0. The first-order valence-corrected chi connectivity index (χ1v) is 3.27. The minimum absolute atomic E-state index is 0.361. The minimum Gasteiger partial charge on any atom is -0.274 e. The predicted molar refractivity (Wildman–Crippen MR) is 39.8 cm³/mol. The van der Waals surface area contributed by atoms with Crippen LogP contribution < -0.4 is 5.69 Å². The van der Waals surface area contributed by atoms with Gasteiger partial charge in [0.25, 0.3) is 0 Å². The molecule has 0 saturated carbocycles. The summed E-state index contributed by atoms with van der Waals surface area (Å²) in [4.78, 5) is 20.4. The van der Waals surface area contributed by atoms with Gasteiger partial charge in [0, 0.05) is 12.4 Å². The molecule has 12 heavy (non-hydrogen) atoms. The molecule has 6 heteroatoms. The lowest BCUT2D eigenvalue weighted by Gasteiger charge is -1.95. The molecule has 2 aromatic rings. The molecular weight excluding hydrogens is 158 g/mol. The Labute approximate surface area is 66.9 Å². The third-order valence-corrected chi connectivity index (χ3v) is 1.30. The van der Waals surface area contributed by atoms with E-state index in [1.807, 2.05) is 0 Å². The van der Waals surface area contributed by atoms with Crippen LogP contribution in [0.2, 0.25) is 0 Å². The predicted octanol–water partition coefficient (Wildman–Crippen LogP) is -0.649. The van der Waals surface area contributed by atoms with Crippen molar-refractivity contribution >= 4 is 0 Å². The molecule has 0 radical (unpaired) electrons. The van der Waals surface area contributed by atoms with Crippen LogP contribution in [0.1, 0.15) is 0 Å². The Balaban J connectivity index is 2.55. The lowest BCUT2D eigenvalue weighted by atomic mass is 10.7. The molecule has 0 aliphatic heterocycles. The lowest BCUT2D eigenvalue weighted by Crippen LogP contribution is -2.15. The molecule has 2 aromatic heterocycles. The minimum atomic E-state index is -0.435. The van der Waals surface area contributed by atoms with Gasteiger partial charge in [0.15, 0.2) is 0 Å². The molecule has 0 aliphatic rings. The number of hydrogen-bond acceptors (Lipinski definition) is 4. The molecule has 0 bridgehead atoms. The van der Waals surface area contributed by atoms with Crippen molar-refractivity contribution in [2.24, 2.45) is 0 Å². The zero-order valence-corrected chi connectivity index (χ0v) is 6.01. The third-order valence-electron chi connectivity index (χ3n) is 1.30. The number of nitrogens with zero attached hydrogens (tertiary/aromatic N) is 4. The fourth-order valence-electron chi connectivity index (χ4n) is 0.807. The Morgan fingerprint density at radius 3 is 3.00 bits per heavy atom. The molecule has 2 rings (SSSR count). The second-order valence-corrected chi connectivity index (χ2v) is 2.08. The van der Waals surface area contributed by atoms with Crippen molar-refractivity contribution < 1.29 is 0 Å². The average molecular weight is 163 g/mol. The zero-order chi connectivity index (χ0) is 8.39. The first-order chi connectivity index (χ1) is 5.86. The maximum Gasteiger partial charge on any atom is 0.349 e. The van der Waals surface area contributed by atoms with Crippen molar-refractivity contribution in [3.8, 4) is 5.95 Å². The molecular formula is C6H5N5O. The van der Waals surface area contributed by atoms with E-state index in [-0.39, 0.29) is 0 Å². The molecule has 1 N–H and O–H groups in total. The molecule has 0 aromatic carbocycles. The van der Waals surface area contributed by atoms with Gasteiger partial charge in [-0.25, -0.2) is 14.5 Å². The summed E-state index contributed by atoms with van der Waals surface area (Å²) in [6.07, 6.45) is 4.47. The summed E-state index contributed by atoms with van der Waals surface area (Å²) in [5.74, 6) is 0.361. The van der Waals surface area contributed by atoms with Crippen LogP contribution in [0.15, 0.2) is 29.6 Å². The van der Waals surface area contributed by atoms with Crippen molar-refractivity contribution in [1.82, 2.24) is 24.7 Å². The summed E-state index contributed by atoms with van der Waals surface area (Å²) >= 11 is 0. The Morgan fingerprint density at radius 1 is 1.42 bits per heavy atom. The van der Waals surface area contributed by atoms with Crippen LogP contribution in [0, 0.1) is 0 Å². The Kier molecular flexibility index (Phi) is 1.44. The summed E-state index contributed by atoms with van der Waals surface area (Å²) in [7, 11) is 0. The lowest BCUT2D eigenvalue weighted by molar-refractivity contribution is 0.782. The van der Waals surface area contributed by atoms with Crippen LogP contribution in [0.25, 0.3) is 5.95 Å². The van der Waals surface area contributed by atoms with Crippen molar-refractivity contribution in [1.29, 1.82) is 0 Å². The molecule has 6 nitrogen and oxygen atoms in total. The van der Waals surface area contributed by atoms with E-state index >= 15 is 0 Å². The highest BCUT2D eigenvalue weighted by Gasteiger charge is 1.96. The zero-order valence-electron chi connectivity index (χ0n) is 6.01. The molecule has 0 unspecified atom stereocenters. The maximum atomic E-state index is 10.7. The molecule has 0 spiro atoms. The van der Waals surface area contributed by atoms with Crippen molar-refractivity contribution in [3.05, 3.63) is 35.3 Å². The molecule has 60 valence electrons. The van der Waals surface area contributed by atoms with E-state index in [1.54, 1.807) is 18.5 Å². The quantitative estimate of drug-likeness (QED) is 0.606. The van der Waals surface area contributed by atoms with E-state index < -0.39 is 5.69 Å². The normalized spacial score (nSPS) is 10.0. The first-order valence-electron chi connectivity index (χ1n) is 3.27. The maximum absolute atomic E-state index is 10.7. The average Bonchev–Trinajstić information content (AvgIpc) is 2.56. The first kappa shape index (κ1) is 6.71. The number of aromatic nitrogens is 5. The Bertz CT molecular complexity index is 418. The van der Waals surface area contributed by atoms with Crippen molar-refractivity contribution in [2.75, 3.05) is 0 Å². The van der Waals surface area contributed by atoms with Crippen LogP contribution >= 0.6 is 0 Å². The van der Waals surface area contributed by atoms with Crippen LogP contribution in [0.5, 0.6) is 0 Å². The summed E-state index contributed by atoms with van der Waals surface area (Å²) in [5, 5.41) is 3.88. The summed E-state index contributed by atoms with van der Waals surface area (Å²) in [5.41, 5.74) is -0.435. The van der Waals surface area contributed by atoms with Crippen molar-refractivity contribution in [3.63, 3.8) is 0 Å². The molecule has 2 heterocycles. The van der Waals surface area contributed by atoms with Crippen LogP contribution in [-0.2, 0) is 0 Å². The molecule has 0 saturated heterocycles. The van der Waals surface area contributed by atoms with Crippen LogP contribution in [0.4, 0.5) is 0 Å². The van der Waals surface area contributed by atoms with Crippen molar-refractivity contribution in [2.45, 2.75) is 0 Å². The van der Waals surface area contributed by atoms with Gasteiger partial charge >= 0.3 is 5.69 Å². The fourth-order valence-corrected chi connectivity index (χ4v) is 0.807. The highest BCUT2D eigenvalue weighted by atomic mass is 16.1. The van der Waals surface area contributed by atoms with E-state index in [0.29, 0.717) is 5.95 Å². The van der Waals surface area contributed by atoms with Gasteiger partial charge in [-0.1, -0.05) is 0 Å². The third kappa shape index (κ3) is 1.09. The number of rotatable bonds is 1. The van der Waals surface area contributed by atoms with Gasteiger partial charge in [-0.15, -0.1) is 0 Å². The van der Waals surface area contributed by atoms with E-state index in [9.17, 15) is 4.79 Å². The SMILES string of the molecule is O=c1ncnc(-n2cccn2)[nH]1. The standard InChI is InChI=1S/C6H5N5O/c12-6-8-4-7-5(10-6)11-3-1-2-9-11/h1-4H,(H,7,8,10,12). The molecule has 0 aliphatic carbocycles.